The maximum atomic E-state index is 12.0. The Morgan fingerprint density at radius 1 is 1.33 bits per heavy atom. The molecule has 1 saturated heterocycles. The van der Waals surface area contributed by atoms with E-state index in [1.54, 1.807) is 4.90 Å². The van der Waals surface area contributed by atoms with Crippen LogP contribution in [0.25, 0.3) is 0 Å². The zero-order valence-corrected chi connectivity index (χ0v) is 9.16. The van der Waals surface area contributed by atoms with Gasteiger partial charge >= 0.3 is 0 Å². The number of rotatable bonds is 1. The van der Waals surface area contributed by atoms with Crippen molar-refractivity contribution < 1.29 is 4.79 Å². The zero-order valence-electron chi connectivity index (χ0n) is 9.16. The largest absolute Gasteiger partial charge is 0.399 e. The Balaban J connectivity index is 2.38. The first kappa shape index (κ1) is 10.0. The van der Waals surface area contributed by atoms with Crippen LogP contribution in [-0.2, 0) is 10.2 Å². The van der Waals surface area contributed by atoms with Gasteiger partial charge in [0.15, 0.2) is 0 Å². The Labute approximate surface area is 89.9 Å². The number of carbonyl (C=O) groups excluding carboxylic acids is 1. The van der Waals surface area contributed by atoms with Crippen LogP contribution in [0.5, 0.6) is 0 Å². The highest BCUT2D eigenvalue weighted by Crippen LogP contribution is 2.34. The topological polar surface area (TPSA) is 46.3 Å². The molecule has 2 N–H and O–H groups in total. The summed E-state index contributed by atoms with van der Waals surface area (Å²) in [5.41, 5.74) is 7.07. The molecule has 0 radical (unpaired) electrons. The van der Waals surface area contributed by atoms with Crippen molar-refractivity contribution in [3.63, 3.8) is 0 Å². The smallest absolute Gasteiger partial charge is 0.232 e. The van der Waals surface area contributed by atoms with Gasteiger partial charge in [0.05, 0.1) is 5.41 Å². The molecule has 0 aromatic heterocycles. The minimum atomic E-state index is -0.359. The summed E-state index contributed by atoms with van der Waals surface area (Å²) >= 11 is 0. The van der Waals surface area contributed by atoms with Crippen molar-refractivity contribution >= 4 is 11.6 Å². The molecule has 1 aliphatic heterocycles. The number of carbonyl (C=O) groups is 1. The molecule has 15 heavy (non-hydrogen) atoms. The van der Waals surface area contributed by atoms with E-state index in [9.17, 15) is 4.79 Å². The third kappa shape index (κ3) is 1.48. The molecule has 0 aliphatic carbocycles. The lowest BCUT2D eigenvalue weighted by Crippen LogP contribution is -2.33. The van der Waals surface area contributed by atoms with Crippen molar-refractivity contribution in [3.05, 3.63) is 29.8 Å². The number of hydrogen-bond donors (Lipinski definition) is 1. The molecule has 2 rings (SSSR count). The minimum Gasteiger partial charge on any atom is -0.399 e. The molecular weight excluding hydrogens is 188 g/mol. The fourth-order valence-corrected chi connectivity index (χ4v) is 2.14. The number of benzene rings is 1. The van der Waals surface area contributed by atoms with Crippen molar-refractivity contribution in [1.29, 1.82) is 0 Å². The summed E-state index contributed by atoms with van der Waals surface area (Å²) in [6, 6.07) is 7.61. The Morgan fingerprint density at radius 2 is 1.93 bits per heavy atom. The van der Waals surface area contributed by atoms with E-state index in [0.717, 1.165) is 24.2 Å². The van der Waals surface area contributed by atoms with Crippen molar-refractivity contribution in [1.82, 2.24) is 4.90 Å². The SMILES string of the molecule is CN1CCC(C)(c2ccc(N)cc2)C1=O. The van der Waals surface area contributed by atoms with Gasteiger partial charge in [-0.25, -0.2) is 0 Å². The lowest BCUT2D eigenvalue weighted by atomic mass is 9.81. The lowest BCUT2D eigenvalue weighted by Gasteiger charge is -2.22. The van der Waals surface area contributed by atoms with Gasteiger partial charge in [-0.1, -0.05) is 12.1 Å². The molecule has 1 unspecified atom stereocenters. The molecule has 1 aromatic carbocycles. The zero-order chi connectivity index (χ0) is 11.1. The van der Waals surface area contributed by atoms with E-state index in [2.05, 4.69) is 0 Å². The molecule has 3 nitrogen and oxygen atoms in total. The summed E-state index contributed by atoms with van der Waals surface area (Å²) in [5, 5.41) is 0. The van der Waals surface area contributed by atoms with Gasteiger partial charge in [0, 0.05) is 19.3 Å². The highest BCUT2D eigenvalue weighted by Gasteiger charge is 2.42. The molecule has 1 atom stereocenters. The van der Waals surface area contributed by atoms with Crippen LogP contribution < -0.4 is 5.73 Å². The average Bonchev–Trinajstić information content (AvgIpc) is 2.48. The van der Waals surface area contributed by atoms with Gasteiger partial charge in [-0.3, -0.25) is 4.79 Å². The molecule has 0 bridgehead atoms. The van der Waals surface area contributed by atoms with E-state index in [1.165, 1.54) is 0 Å². The number of nitrogen functional groups attached to an aromatic ring is 1. The Morgan fingerprint density at radius 3 is 2.40 bits per heavy atom. The van der Waals surface area contributed by atoms with E-state index < -0.39 is 0 Å². The predicted octanol–water partition coefficient (Wildman–Crippen LogP) is 1.39. The number of hydrogen-bond acceptors (Lipinski definition) is 2. The number of likely N-dealkylation sites (tertiary alicyclic amines) is 1. The second-order valence-electron chi connectivity index (χ2n) is 4.43. The van der Waals surface area contributed by atoms with Crippen LogP contribution in [0.4, 0.5) is 5.69 Å². The quantitative estimate of drug-likeness (QED) is 0.703. The minimum absolute atomic E-state index is 0.201. The van der Waals surface area contributed by atoms with Crippen molar-refractivity contribution in [2.45, 2.75) is 18.8 Å². The number of likely N-dealkylation sites (N-methyl/N-ethyl adjacent to an activating group) is 1. The Bertz CT molecular complexity index is 385. The third-order valence-electron chi connectivity index (χ3n) is 3.31. The summed E-state index contributed by atoms with van der Waals surface area (Å²) in [4.78, 5) is 13.8. The summed E-state index contributed by atoms with van der Waals surface area (Å²) in [6.45, 7) is 2.84. The molecule has 0 spiro atoms. The lowest BCUT2D eigenvalue weighted by molar-refractivity contribution is -0.130. The van der Waals surface area contributed by atoms with E-state index in [0.29, 0.717) is 0 Å². The molecule has 0 saturated carbocycles. The average molecular weight is 204 g/mol. The van der Waals surface area contributed by atoms with Gasteiger partial charge in [-0.05, 0) is 31.0 Å². The number of anilines is 1. The summed E-state index contributed by atoms with van der Waals surface area (Å²) in [6.07, 6.45) is 0.881. The highest BCUT2D eigenvalue weighted by atomic mass is 16.2. The molecule has 1 amide bonds. The molecule has 1 heterocycles. The van der Waals surface area contributed by atoms with E-state index >= 15 is 0 Å². The second kappa shape index (κ2) is 3.26. The number of amides is 1. The predicted molar refractivity (Wildman–Crippen MR) is 60.5 cm³/mol. The fraction of sp³-hybridized carbons (Fsp3) is 0.417. The molecule has 1 fully saturated rings. The maximum absolute atomic E-state index is 12.0. The van der Waals surface area contributed by atoms with Crippen molar-refractivity contribution in [2.75, 3.05) is 19.3 Å². The third-order valence-corrected chi connectivity index (χ3v) is 3.31. The van der Waals surface area contributed by atoms with Gasteiger partial charge in [-0.2, -0.15) is 0 Å². The first-order valence-corrected chi connectivity index (χ1v) is 5.15. The van der Waals surface area contributed by atoms with E-state index in [1.807, 2.05) is 38.2 Å². The van der Waals surface area contributed by atoms with Crippen LogP contribution in [0.15, 0.2) is 24.3 Å². The summed E-state index contributed by atoms with van der Waals surface area (Å²) in [7, 11) is 1.85. The van der Waals surface area contributed by atoms with Gasteiger partial charge in [0.1, 0.15) is 0 Å². The van der Waals surface area contributed by atoms with Crippen LogP contribution in [0, 0.1) is 0 Å². The van der Waals surface area contributed by atoms with Gasteiger partial charge in [-0.15, -0.1) is 0 Å². The first-order valence-electron chi connectivity index (χ1n) is 5.15. The normalized spacial score (nSPS) is 26.0. The standard InChI is InChI=1S/C12H16N2O/c1-12(7-8-14(2)11(12)15)9-3-5-10(13)6-4-9/h3-6H,7-8,13H2,1-2H3. The van der Waals surface area contributed by atoms with Crippen LogP contribution in [0.2, 0.25) is 0 Å². The van der Waals surface area contributed by atoms with E-state index in [-0.39, 0.29) is 11.3 Å². The van der Waals surface area contributed by atoms with E-state index in [4.69, 9.17) is 5.73 Å². The maximum Gasteiger partial charge on any atom is 0.232 e. The Hall–Kier alpha value is -1.51. The van der Waals surface area contributed by atoms with Crippen LogP contribution in [-0.4, -0.2) is 24.4 Å². The van der Waals surface area contributed by atoms with Crippen LogP contribution in [0.1, 0.15) is 18.9 Å². The molecule has 1 aliphatic rings. The highest BCUT2D eigenvalue weighted by molar-refractivity contribution is 5.89. The molecule has 3 heteroatoms. The van der Waals surface area contributed by atoms with Crippen molar-refractivity contribution in [2.24, 2.45) is 0 Å². The number of nitrogens with zero attached hydrogens (tertiary/aromatic N) is 1. The van der Waals surface area contributed by atoms with Gasteiger partial charge < -0.3 is 10.6 Å². The monoisotopic (exact) mass is 204 g/mol. The van der Waals surface area contributed by atoms with Crippen LogP contribution >= 0.6 is 0 Å². The van der Waals surface area contributed by atoms with Gasteiger partial charge in [0.2, 0.25) is 5.91 Å². The Kier molecular flexibility index (Phi) is 2.18. The van der Waals surface area contributed by atoms with Crippen LogP contribution in [0.3, 0.4) is 0 Å². The van der Waals surface area contributed by atoms with Crippen molar-refractivity contribution in [3.8, 4) is 0 Å². The molecular formula is C12H16N2O. The second-order valence-corrected chi connectivity index (χ2v) is 4.43. The first-order chi connectivity index (χ1) is 7.04. The summed E-state index contributed by atoms with van der Waals surface area (Å²) in [5.74, 6) is 0.201. The summed E-state index contributed by atoms with van der Waals surface area (Å²) < 4.78 is 0. The fourth-order valence-electron chi connectivity index (χ4n) is 2.14. The van der Waals surface area contributed by atoms with Gasteiger partial charge in [0.25, 0.3) is 0 Å². The molecule has 80 valence electrons. The molecule has 1 aromatic rings. The number of nitrogens with two attached hydrogens (primary N) is 1.